The maximum atomic E-state index is 11.0. The first-order valence-corrected chi connectivity index (χ1v) is 5.46. The molecule has 0 spiro atoms. The van der Waals surface area contributed by atoms with E-state index in [2.05, 4.69) is 0 Å². The molecule has 0 unspecified atom stereocenters. The van der Waals surface area contributed by atoms with E-state index in [4.69, 9.17) is 5.73 Å². The number of hydrogen-bond donors (Lipinski definition) is 1. The van der Waals surface area contributed by atoms with Gasteiger partial charge in [0, 0.05) is 0 Å². The lowest BCUT2D eigenvalue weighted by atomic mass is 10.5. The smallest absolute Gasteiger partial charge is 0.153 e. The minimum atomic E-state index is -2.87. The zero-order chi connectivity index (χ0) is 8.74. The van der Waals surface area contributed by atoms with Crippen LogP contribution in [0.5, 0.6) is 0 Å². The first kappa shape index (κ1) is 10.7. The molecule has 0 radical (unpaired) electrons. The number of hydrogen-bond acceptors (Lipinski definition) is 3. The van der Waals surface area contributed by atoms with Crippen molar-refractivity contribution in [2.75, 3.05) is 18.1 Å². The second-order valence-electron chi connectivity index (χ2n) is 2.33. The van der Waals surface area contributed by atoms with Crippen LogP contribution in [0.2, 0.25) is 0 Å². The Labute approximate surface area is 68.2 Å². The zero-order valence-electron chi connectivity index (χ0n) is 6.79. The summed E-state index contributed by atoms with van der Waals surface area (Å²) in [6, 6.07) is 0. The Kier molecular flexibility index (Phi) is 5.15. The van der Waals surface area contributed by atoms with E-state index in [0.717, 1.165) is 0 Å². The number of nitrogens with two attached hydrogens (primary N) is 1. The van der Waals surface area contributed by atoms with Crippen LogP contribution >= 0.6 is 0 Å². The van der Waals surface area contributed by atoms with Crippen LogP contribution in [0, 0.1) is 0 Å². The molecule has 3 nitrogen and oxygen atoms in total. The predicted octanol–water partition coefficient (Wildman–Crippen LogP) is 0.326. The monoisotopic (exact) mass is 177 g/mol. The van der Waals surface area contributed by atoms with Crippen molar-refractivity contribution in [2.45, 2.75) is 13.3 Å². The first-order valence-electron chi connectivity index (χ1n) is 3.64. The summed E-state index contributed by atoms with van der Waals surface area (Å²) in [5.41, 5.74) is 5.18. The molecule has 0 atom stereocenters. The SMILES string of the molecule is C/C=C/CS(=O)(=O)CCCN. The van der Waals surface area contributed by atoms with Crippen LogP contribution < -0.4 is 5.73 Å². The van der Waals surface area contributed by atoms with Gasteiger partial charge in [0.2, 0.25) is 0 Å². The average molecular weight is 177 g/mol. The number of sulfone groups is 1. The van der Waals surface area contributed by atoms with E-state index < -0.39 is 9.84 Å². The van der Waals surface area contributed by atoms with Crippen LogP contribution in [-0.2, 0) is 9.84 Å². The number of rotatable bonds is 5. The third kappa shape index (κ3) is 6.06. The molecule has 0 heterocycles. The molecule has 4 heteroatoms. The van der Waals surface area contributed by atoms with E-state index in [1.807, 2.05) is 0 Å². The topological polar surface area (TPSA) is 60.2 Å². The molecular weight excluding hydrogens is 162 g/mol. The summed E-state index contributed by atoms with van der Waals surface area (Å²) >= 11 is 0. The van der Waals surface area contributed by atoms with Crippen molar-refractivity contribution in [1.29, 1.82) is 0 Å². The molecule has 0 aliphatic heterocycles. The van der Waals surface area contributed by atoms with Crippen LogP contribution in [0.15, 0.2) is 12.2 Å². The molecule has 66 valence electrons. The lowest BCUT2D eigenvalue weighted by Gasteiger charge is -1.97. The fraction of sp³-hybridized carbons (Fsp3) is 0.714. The molecule has 0 amide bonds. The molecule has 11 heavy (non-hydrogen) atoms. The fourth-order valence-electron chi connectivity index (χ4n) is 0.629. The van der Waals surface area contributed by atoms with Crippen molar-refractivity contribution in [2.24, 2.45) is 5.73 Å². The second kappa shape index (κ2) is 5.32. The maximum Gasteiger partial charge on any atom is 0.153 e. The van der Waals surface area contributed by atoms with Gasteiger partial charge in [0.05, 0.1) is 11.5 Å². The van der Waals surface area contributed by atoms with Gasteiger partial charge in [0.1, 0.15) is 0 Å². The summed E-state index contributed by atoms with van der Waals surface area (Å²) in [7, 11) is -2.87. The van der Waals surface area contributed by atoms with Crippen molar-refractivity contribution in [3.8, 4) is 0 Å². The highest BCUT2D eigenvalue weighted by Crippen LogP contribution is 1.93. The highest BCUT2D eigenvalue weighted by molar-refractivity contribution is 7.91. The molecule has 0 fully saturated rings. The minimum absolute atomic E-state index is 0.142. The zero-order valence-corrected chi connectivity index (χ0v) is 7.60. The van der Waals surface area contributed by atoms with Gasteiger partial charge in [-0.3, -0.25) is 0 Å². The van der Waals surface area contributed by atoms with Crippen LogP contribution in [0.4, 0.5) is 0 Å². The Balaban J connectivity index is 3.82. The second-order valence-corrected chi connectivity index (χ2v) is 4.55. The van der Waals surface area contributed by atoms with Crippen LogP contribution in [0.1, 0.15) is 13.3 Å². The van der Waals surface area contributed by atoms with E-state index in [1.54, 1.807) is 19.1 Å². The van der Waals surface area contributed by atoms with Gasteiger partial charge in [-0.2, -0.15) is 0 Å². The standard InChI is InChI=1S/C7H15NO2S/c1-2-3-6-11(9,10)7-4-5-8/h2-3H,4-8H2,1H3/b3-2+. The molecule has 0 aromatic rings. The van der Waals surface area contributed by atoms with Gasteiger partial charge in [0.15, 0.2) is 9.84 Å². The Morgan fingerprint density at radius 2 is 2.09 bits per heavy atom. The molecule has 0 saturated heterocycles. The fourth-order valence-corrected chi connectivity index (χ4v) is 1.89. The largest absolute Gasteiger partial charge is 0.330 e. The van der Waals surface area contributed by atoms with E-state index in [1.165, 1.54) is 0 Å². The van der Waals surface area contributed by atoms with Crippen molar-refractivity contribution in [3.63, 3.8) is 0 Å². The first-order chi connectivity index (χ1) is 5.12. The van der Waals surface area contributed by atoms with Crippen molar-refractivity contribution >= 4 is 9.84 Å². The average Bonchev–Trinajstić information content (AvgIpc) is 1.97. The summed E-state index contributed by atoms with van der Waals surface area (Å²) in [5, 5.41) is 0. The minimum Gasteiger partial charge on any atom is -0.330 e. The third-order valence-corrected chi connectivity index (χ3v) is 2.86. The van der Waals surface area contributed by atoms with Crippen LogP contribution in [0.3, 0.4) is 0 Å². The highest BCUT2D eigenvalue weighted by atomic mass is 32.2. The van der Waals surface area contributed by atoms with Crippen LogP contribution in [-0.4, -0.2) is 26.5 Å². The van der Waals surface area contributed by atoms with E-state index in [0.29, 0.717) is 13.0 Å². The van der Waals surface area contributed by atoms with Gasteiger partial charge in [0.25, 0.3) is 0 Å². The van der Waals surface area contributed by atoms with Crippen molar-refractivity contribution in [1.82, 2.24) is 0 Å². The van der Waals surface area contributed by atoms with Gasteiger partial charge >= 0.3 is 0 Å². The quantitative estimate of drug-likeness (QED) is 0.615. The highest BCUT2D eigenvalue weighted by Gasteiger charge is 2.05. The Hall–Kier alpha value is -0.350. The van der Waals surface area contributed by atoms with Gasteiger partial charge in [-0.1, -0.05) is 12.2 Å². The lowest BCUT2D eigenvalue weighted by molar-refractivity contribution is 0.596. The summed E-state index contributed by atoms with van der Waals surface area (Å²) in [5.74, 6) is 0.345. The van der Waals surface area contributed by atoms with Gasteiger partial charge < -0.3 is 5.73 Å². The molecule has 0 aromatic heterocycles. The molecule has 0 bridgehead atoms. The van der Waals surface area contributed by atoms with E-state index >= 15 is 0 Å². The number of allylic oxidation sites excluding steroid dienone is 1. The lowest BCUT2D eigenvalue weighted by Crippen LogP contribution is -2.13. The summed E-state index contributed by atoms with van der Waals surface area (Å²) in [6.07, 6.45) is 3.94. The molecule has 2 N–H and O–H groups in total. The Bertz CT molecular complexity index is 206. The van der Waals surface area contributed by atoms with Gasteiger partial charge in [-0.05, 0) is 19.9 Å². The summed E-state index contributed by atoms with van der Waals surface area (Å²) < 4.78 is 22.1. The summed E-state index contributed by atoms with van der Waals surface area (Å²) in [6.45, 7) is 2.24. The third-order valence-electron chi connectivity index (χ3n) is 1.25. The van der Waals surface area contributed by atoms with Gasteiger partial charge in [-0.15, -0.1) is 0 Å². The van der Waals surface area contributed by atoms with E-state index in [-0.39, 0.29) is 11.5 Å². The Morgan fingerprint density at radius 3 is 2.55 bits per heavy atom. The maximum absolute atomic E-state index is 11.0. The van der Waals surface area contributed by atoms with Gasteiger partial charge in [-0.25, -0.2) is 8.42 Å². The molecule has 0 rings (SSSR count). The van der Waals surface area contributed by atoms with Crippen LogP contribution in [0.25, 0.3) is 0 Å². The molecule has 0 aliphatic carbocycles. The molecule has 0 aromatic carbocycles. The Morgan fingerprint density at radius 1 is 1.45 bits per heavy atom. The van der Waals surface area contributed by atoms with Crippen molar-refractivity contribution in [3.05, 3.63) is 12.2 Å². The predicted molar refractivity (Wildman–Crippen MR) is 47.1 cm³/mol. The molecule has 0 aliphatic rings. The molecular formula is C7H15NO2S. The normalized spacial score (nSPS) is 12.5. The summed E-state index contributed by atoms with van der Waals surface area (Å²) in [4.78, 5) is 0. The molecule has 0 saturated carbocycles. The van der Waals surface area contributed by atoms with Crippen molar-refractivity contribution < 1.29 is 8.42 Å². The van der Waals surface area contributed by atoms with E-state index in [9.17, 15) is 8.42 Å².